The molecule has 0 radical (unpaired) electrons. The minimum Gasteiger partial charge on any atom is -0.479 e. The van der Waals surface area contributed by atoms with Crippen LogP contribution in [-0.4, -0.2) is 79.2 Å². The first-order valence-corrected chi connectivity index (χ1v) is 16.0. The van der Waals surface area contributed by atoms with Crippen LogP contribution in [0.3, 0.4) is 0 Å². The van der Waals surface area contributed by atoms with E-state index in [1.807, 2.05) is 42.6 Å². The van der Waals surface area contributed by atoms with Gasteiger partial charge in [0.1, 0.15) is 24.2 Å². The molecule has 3 saturated heterocycles. The Morgan fingerprint density at radius 1 is 0.733 bits per heavy atom. The average Bonchev–Trinajstić information content (AvgIpc) is 3.64. The predicted octanol–water partition coefficient (Wildman–Crippen LogP) is 4.51. The zero-order valence-electron chi connectivity index (χ0n) is 25.1. The normalized spacial score (nSPS) is 31.9. The van der Waals surface area contributed by atoms with Gasteiger partial charge in [-0.1, -0.05) is 12.1 Å². The zero-order valence-corrected chi connectivity index (χ0v) is 25.1. The molecular weight excluding hydrogens is 570 g/mol. The van der Waals surface area contributed by atoms with Gasteiger partial charge in [0.25, 0.3) is 0 Å². The number of nitrogens with zero attached hydrogens (tertiary/aromatic N) is 7. The van der Waals surface area contributed by atoms with Crippen LogP contribution in [0.25, 0.3) is 5.70 Å². The van der Waals surface area contributed by atoms with E-state index in [4.69, 9.17) is 43.9 Å². The van der Waals surface area contributed by atoms with Crippen molar-refractivity contribution in [1.29, 1.82) is 0 Å². The van der Waals surface area contributed by atoms with Crippen molar-refractivity contribution in [2.24, 2.45) is 0 Å². The standard InChI is InChI=1S/C34H37N7O4/c1-4-15-35-25(11-1)34(26-12-2-5-20-43-26)40(27-13-3-6-21-44-27)30(32-36-16-8-17-37-32)29(24-10-7-22-42-24)31(33-38-18-9-19-39-33)41(34)28-14-23-45-28/h1,3-4,6,8-9,11,13,15-19,21,24,26-28,30H,2,5,7,10,12,14,20,22-23H2. The molecule has 0 N–H and O–H groups in total. The minimum absolute atomic E-state index is 0.222. The molecule has 0 aromatic carbocycles. The molecule has 3 fully saturated rings. The maximum Gasteiger partial charge on any atom is 0.176 e. The molecular formula is C34H37N7O4. The molecule has 5 aliphatic rings. The van der Waals surface area contributed by atoms with Crippen molar-refractivity contribution in [2.75, 3.05) is 19.8 Å². The molecule has 6 unspecified atom stereocenters. The van der Waals surface area contributed by atoms with Crippen molar-refractivity contribution in [1.82, 2.24) is 34.7 Å². The Labute approximate surface area is 262 Å². The molecule has 0 amide bonds. The highest BCUT2D eigenvalue weighted by Gasteiger charge is 2.65. The van der Waals surface area contributed by atoms with Crippen molar-refractivity contribution >= 4 is 5.70 Å². The van der Waals surface area contributed by atoms with Crippen molar-refractivity contribution < 1.29 is 18.9 Å². The van der Waals surface area contributed by atoms with Gasteiger partial charge < -0.3 is 23.8 Å². The van der Waals surface area contributed by atoms with E-state index >= 15 is 0 Å². The van der Waals surface area contributed by atoms with Crippen molar-refractivity contribution in [2.45, 2.75) is 74.9 Å². The molecule has 45 heavy (non-hydrogen) atoms. The fourth-order valence-electron chi connectivity index (χ4n) is 7.48. The summed E-state index contributed by atoms with van der Waals surface area (Å²) in [6.45, 7) is 1.95. The summed E-state index contributed by atoms with van der Waals surface area (Å²) >= 11 is 0. The third kappa shape index (κ3) is 4.85. The fraction of sp³-hybridized carbons (Fsp3) is 0.441. The second kappa shape index (κ2) is 12.4. The summed E-state index contributed by atoms with van der Waals surface area (Å²) in [5, 5.41) is 0. The minimum atomic E-state index is -1.03. The SMILES string of the molecule is C1=COC(N2C(c3ncccn3)C(C3CCCO3)=C(c3ncccn3)N(C3CCO3)C2(c2ccccn2)C2CCCCO2)C=C1. The number of hydrogen-bond donors (Lipinski definition) is 0. The van der Waals surface area contributed by atoms with E-state index in [9.17, 15) is 0 Å². The Balaban J connectivity index is 1.52. The smallest absolute Gasteiger partial charge is 0.176 e. The highest BCUT2D eigenvalue weighted by molar-refractivity contribution is 5.68. The zero-order chi connectivity index (χ0) is 30.1. The van der Waals surface area contributed by atoms with Crippen LogP contribution in [0, 0.1) is 0 Å². The van der Waals surface area contributed by atoms with E-state index in [2.05, 4.69) is 21.9 Å². The molecule has 3 aromatic rings. The number of aromatic nitrogens is 5. The number of pyridine rings is 1. The largest absolute Gasteiger partial charge is 0.479 e. The van der Waals surface area contributed by atoms with Gasteiger partial charge in [-0.05, 0) is 68.5 Å². The molecule has 0 spiro atoms. The molecule has 0 aliphatic carbocycles. The highest BCUT2D eigenvalue weighted by atomic mass is 16.5. The second-order valence-electron chi connectivity index (χ2n) is 11.8. The maximum absolute atomic E-state index is 6.86. The first kappa shape index (κ1) is 28.4. The molecule has 5 aliphatic heterocycles. The second-order valence-corrected chi connectivity index (χ2v) is 11.8. The monoisotopic (exact) mass is 607 g/mol. The van der Waals surface area contributed by atoms with E-state index in [1.165, 1.54) is 0 Å². The quantitative estimate of drug-likeness (QED) is 0.379. The van der Waals surface area contributed by atoms with Crippen molar-refractivity contribution in [3.63, 3.8) is 0 Å². The van der Waals surface area contributed by atoms with E-state index in [-0.39, 0.29) is 18.4 Å². The molecule has 11 nitrogen and oxygen atoms in total. The van der Waals surface area contributed by atoms with Crippen LogP contribution in [0.15, 0.2) is 91.4 Å². The summed E-state index contributed by atoms with van der Waals surface area (Å²) in [6, 6.07) is 9.26. The highest BCUT2D eigenvalue weighted by Crippen LogP contribution is 2.58. The first-order chi connectivity index (χ1) is 22.4. The maximum atomic E-state index is 6.86. The van der Waals surface area contributed by atoms with Crippen LogP contribution in [0.5, 0.6) is 0 Å². The van der Waals surface area contributed by atoms with Gasteiger partial charge in [0.2, 0.25) is 0 Å². The topological polar surface area (TPSA) is 108 Å². The van der Waals surface area contributed by atoms with Gasteiger partial charge in [0.05, 0.1) is 30.4 Å². The number of ether oxygens (including phenoxy) is 4. The van der Waals surface area contributed by atoms with Gasteiger partial charge in [-0.3, -0.25) is 4.98 Å². The number of hydrogen-bond acceptors (Lipinski definition) is 11. The van der Waals surface area contributed by atoms with Gasteiger partial charge >= 0.3 is 0 Å². The number of allylic oxidation sites excluding steroid dienone is 2. The molecule has 0 bridgehead atoms. The van der Waals surface area contributed by atoms with Gasteiger partial charge in [-0.15, -0.1) is 0 Å². The van der Waals surface area contributed by atoms with E-state index < -0.39 is 17.9 Å². The van der Waals surface area contributed by atoms with E-state index in [1.54, 1.807) is 31.0 Å². The fourth-order valence-corrected chi connectivity index (χ4v) is 7.48. The summed E-state index contributed by atoms with van der Waals surface area (Å²) in [7, 11) is 0. The summed E-state index contributed by atoms with van der Waals surface area (Å²) in [5.74, 6) is 1.23. The third-order valence-corrected chi connectivity index (χ3v) is 9.32. The summed E-state index contributed by atoms with van der Waals surface area (Å²) < 4.78 is 26.4. The molecule has 3 aromatic heterocycles. The Bertz CT molecular complexity index is 1540. The van der Waals surface area contributed by atoms with Gasteiger partial charge in [-0.2, -0.15) is 0 Å². The summed E-state index contributed by atoms with van der Waals surface area (Å²) in [5.41, 5.74) is 1.64. The van der Waals surface area contributed by atoms with Crippen molar-refractivity contribution in [3.8, 4) is 0 Å². The van der Waals surface area contributed by atoms with E-state index in [0.29, 0.717) is 31.5 Å². The van der Waals surface area contributed by atoms with Crippen LogP contribution in [0.2, 0.25) is 0 Å². The van der Waals surface area contributed by atoms with Gasteiger partial charge in [0, 0.05) is 56.2 Å². The molecule has 0 saturated carbocycles. The molecule has 6 atom stereocenters. The third-order valence-electron chi connectivity index (χ3n) is 9.32. The molecule has 8 heterocycles. The van der Waals surface area contributed by atoms with Crippen LogP contribution in [0.1, 0.15) is 61.9 Å². The lowest BCUT2D eigenvalue weighted by molar-refractivity contribution is -0.269. The average molecular weight is 608 g/mol. The lowest BCUT2D eigenvalue weighted by Gasteiger charge is -2.64. The molecule has 8 rings (SSSR count). The summed E-state index contributed by atoms with van der Waals surface area (Å²) in [6.07, 6.45) is 20.8. The number of rotatable bonds is 7. The first-order valence-electron chi connectivity index (χ1n) is 16.0. The van der Waals surface area contributed by atoms with Crippen LogP contribution in [0.4, 0.5) is 0 Å². The Morgan fingerprint density at radius 3 is 2.18 bits per heavy atom. The molecule has 11 heteroatoms. The lowest BCUT2D eigenvalue weighted by atomic mass is 9.79. The molecule has 232 valence electrons. The van der Waals surface area contributed by atoms with E-state index in [0.717, 1.165) is 55.5 Å². The lowest BCUT2D eigenvalue weighted by Crippen LogP contribution is -2.73. The Morgan fingerprint density at radius 2 is 1.53 bits per heavy atom. The van der Waals surface area contributed by atoms with Gasteiger partial charge in [0.15, 0.2) is 17.7 Å². The van der Waals surface area contributed by atoms with Crippen LogP contribution >= 0.6 is 0 Å². The predicted molar refractivity (Wildman–Crippen MR) is 163 cm³/mol. The van der Waals surface area contributed by atoms with Crippen LogP contribution in [-0.2, 0) is 24.6 Å². The Kier molecular flexibility index (Phi) is 7.84. The summed E-state index contributed by atoms with van der Waals surface area (Å²) in [4.78, 5) is 29.4. The van der Waals surface area contributed by atoms with Crippen molar-refractivity contribution in [3.05, 3.63) is 109 Å². The Hall–Kier alpha value is -4.03. The van der Waals surface area contributed by atoms with Gasteiger partial charge in [-0.25, -0.2) is 24.8 Å². The van der Waals surface area contributed by atoms with Crippen LogP contribution < -0.4 is 0 Å².